The molecule has 2 heteroatoms. The largest absolute Gasteiger partial charge is 0.462 e. The van der Waals surface area contributed by atoms with E-state index < -0.39 is 0 Å². The zero-order chi connectivity index (χ0) is 21.4. The van der Waals surface area contributed by atoms with Gasteiger partial charge in [0.1, 0.15) is 6.10 Å². The first-order chi connectivity index (χ1) is 14.2. The van der Waals surface area contributed by atoms with Crippen LogP contribution in [0.15, 0.2) is 0 Å². The molecular formula is C27H54O2. The van der Waals surface area contributed by atoms with Gasteiger partial charge in [-0.2, -0.15) is 0 Å². The molecule has 0 bridgehead atoms. The van der Waals surface area contributed by atoms with E-state index in [0.717, 1.165) is 19.3 Å². The molecule has 0 saturated carbocycles. The van der Waals surface area contributed by atoms with Gasteiger partial charge in [-0.1, -0.05) is 124 Å². The summed E-state index contributed by atoms with van der Waals surface area (Å²) in [7, 11) is 0. The number of hydrogen-bond donors (Lipinski definition) is 0. The van der Waals surface area contributed by atoms with E-state index in [4.69, 9.17) is 4.74 Å². The topological polar surface area (TPSA) is 26.3 Å². The van der Waals surface area contributed by atoms with Gasteiger partial charge in [-0.15, -0.1) is 0 Å². The Bertz CT molecular complexity index is 310. The molecule has 0 aromatic heterocycles. The van der Waals surface area contributed by atoms with Crippen LogP contribution in [0.1, 0.15) is 162 Å². The van der Waals surface area contributed by atoms with Crippen molar-refractivity contribution in [2.24, 2.45) is 0 Å². The summed E-state index contributed by atoms with van der Waals surface area (Å²) in [5.41, 5.74) is 0. The molecule has 174 valence electrons. The molecule has 0 aliphatic carbocycles. The molecule has 0 N–H and O–H groups in total. The van der Waals surface area contributed by atoms with E-state index in [1.807, 2.05) is 0 Å². The highest BCUT2D eigenvalue weighted by Crippen LogP contribution is 2.18. The molecule has 0 fully saturated rings. The van der Waals surface area contributed by atoms with Gasteiger partial charge in [0.05, 0.1) is 0 Å². The smallest absolute Gasteiger partial charge is 0.306 e. The van der Waals surface area contributed by atoms with Crippen LogP contribution in [-0.2, 0) is 9.53 Å². The van der Waals surface area contributed by atoms with Crippen molar-refractivity contribution < 1.29 is 9.53 Å². The highest BCUT2D eigenvalue weighted by atomic mass is 16.5. The monoisotopic (exact) mass is 410 g/mol. The lowest BCUT2D eigenvalue weighted by Gasteiger charge is -2.18. The number of ether oxygens (including phenoxy) is 1. The van der Waals surface area contributed by atoms with E-state index in [2.05, 4.69) is 20.8 Å². The molecule has 0 aliphatic heterocycles. The minimum absolute atomic E-state index is 0.0560. The van der Waals surface area contributed by atoms with E-state index >= 15 is 0 Å². The third kappa shape index (κ3) is 22.0. The maximum Gasteiger partial charge on any atom is 0.306 e. The van der Waals surface area contributed by atoms with Crippen LogP contribution in [0, 0.1) is 0 Å². The average molecular weight is 411 g/mol. The lowest BCUT2D eigenvalue weighted by atomic mass is 10.0. The molecule has 0 aromatic rings. The first kappa shape index (κ1) is 28.5. The Hall–Kier alpha value is -0.530. The molecule has 0 aliphatic rings. The van der Waals surface area contributed by atoms with Crippen LogP contribution in [-0.4, -0.2) is 12.1 Å². The lowest BCUT2D eigenvalue weighted by molar-refractivity contribution is -0.150. The third-order valence-corrected chi connectivity index (χ3v) is 6.04. The maximum absolute atomic E-state index is 12.3. The summed E-state index contributed by atoms with van der Waals surface area (Å²) < 4.78 is 5.91. The van der Waals surface area contributed by atoms with E-state index in [1.54, 1.807) is 0 Å². The van der Waals surface area contributed by atoms with Crippen molar-refractivity contribution in [1.29, 1.82) is 0 Å². The van der Waals surface area contributed by atoms with Gasteiger partial charge >= 0.3 is 5.97 Å². The molecule has 0 spiro atoms. The molecule has 0 atom stereocenters. The van der Waals surface area contributed by atoms with Crippen molar-refractivity contribution in [2.45, 2.75) is 168 Å². The minimum Gasteiger partial charge on any atom is -0.462 e. The fourth-order valence-corrected chi connectivity index (χ4v) is 4.04. The Morgan fingerprint density at radius 1 is 0.517 bits per heavy atom. The molecular weight excluding hydrogens is 356 g/mol. The van der Waals surface area contributed by atoms with E-state index in [1.165, 1.54) is 116 Å². The average Bonchev–Trinajstić information content (AvgIpc) is 2.72. The van der Waals surface area contributed by atoms with Crippen LogP contribution in [0.4, 0.5) is 0 Å². The van der Waals surface area contributed by atoms with Gasteiger partial charge in [-0.25, -0.2) is 0 Å². The molecule has 0 rings (SSSR count). The van der Waals surface area contributed by atoms with E-state index in [0.29, 0.717) is 6.42 Å². The highest BCUT2D eigenvalue weighted by molar-refractivity contribution is 5.69. The van der Waals surface area contributed by atoms with Crippen molar-refractivity contribution in [3.63, 3.8) is 0 Å². The summed E-state index contributed by atoms with van der Waals surface area (Å²) in [6.07, 6.45) is 27.4. The third-order valence-electron chi connectivity index (χ3n) is 6.04. The molecule has 0 unspecified atom stereocenters. The van der Waals surface area contributed by atoms with Crippen LogP contribution in [0.3, 0.4) is 0 Å². The quantitative estimate of drug-likeness (QED) is 0.124. The highest BCUT2D eigenvalue weighted by Gasteiger charge is 2.14. The zero-order valence-corrected chi connectivity index (χ0v) is 20.5. The van der Waals surface area contributed by atoms with Gasteiger partial charge in [-0.05, 0) is 32.1 Å². The molecule has 0 heterocycles. The number of esters is 1. The number of rotatable bonds is 23. The molecule has 0 radical (unpaired) electrons. The lowest BCUT2D eigenvalue weighted by Crippen LogP contribution is -2.18. The maximum atomic E-state index is 12.3. The first-order valence-electron chi connectivity index (χ1n) is 13.4. The number of unbranched alkanes of at least 4 members (excludes halogenated alkanes) is 16. The Labute approximate surface area is 184 Å². The van der Waals surface area contributed by atoms with Gasteiger partial charge in [0.2, 0.25) is 0 Å². The Balaban J connectivity index is 3.98. The van der Waals surface area contributed by atoms with Crippen LogP contribution in [0.5, 0.6) is 0 Å². The minimum atomic E-state index is 0.0560. The number of carbonyl (C=O) groups is 1. The Morgan fingerprint density at radius 2 is 0.862 bits per heavy atom. The van der Waals surface area contributed by atoms with Crippen molar-refractivity contribution in [2.75, 3.05) is 0 Å². The predicted octanol–water partition coefficient (Wildman–Crippen LogP) is 9.54. The predicted molar refractivity (Wildman–Crippen MR) is 128 cm³/mol. The first-order valence-corrected chi connectivity index (χ1v) is 13.4. The second-order valence-corrected chi connectivity index (χ2v) is 9.10. The summed E-state index contributed by atoms with van der Waals surface area (Å²) in [6.45, 7) is 6.78. The molecule has 2 nitrogen and oxygen atoms in total. The Morgan fingerprint density at radius 3 is 1.28 bits per heavy atom. The second-order valence-electron chi connectivity index (χ2n) is 9.10. The standard InChI is InChI=1S/C27H54O2/c1-4-7-10-13-16-19-22-25-27(28)29-26(23-20-17-14-11-8-5-2)24-21-18-15-12-9-6-3/h26H,4-25H2,1-3H3. The van der Waals surface area contributed by atoms with Gasteiger partial charge in [0, 0.05) is 6.42 Å². The fourth-order valence-electron chi connectivity index (χ4n) is 4.04. The molecule has 0 saturated heterocycles. The van der Waals surface area contributed by atoms with Gasteiger partial charge < -0.3 is 4.74 Å². The van der Waals surface area contributed by atoms with Gasteiger partial charge in [-0.3, -0.25) is 4.79 Å². The fraction of sp³-hybridized carbons (Fsp3) is 0.963. The molecule has 0 amide bonds. The summed E-state index contributed by atoms with van der Waals surface area (Å²) in [4.78, 5) is 12.3. The van der Waals surface area contributed by atoms with E-state index in [9.17, 15) is 4.79 Å². The number of carbonyl (C=O) groups excluding carboxylic acids is 1. The summed E-state index contributed by atoms with van der Waals surface area (Å²) in [5, 5.41) is 0. The van der Waals surface area contributed by atoms with Crippen molar-refractivity contribution in [3.8, 4) is 0 Å². The van der Waals surface area contributed by atoms with Crippen molar-refractivity contribution >= 4 is 5.97 Å². The van der Waals surface area contributed by atoms with E-state index in [-0.39, 0.29) is 12.1 Å². The van der Waals surface area contributed by atoms with Crippen LogP contribution < -0.4 is 0 Å². The Kier molecular flexibility index (Phi) is 23.3. The normalized spacial score (nSPS) is 11.3. The molecule has 0 aromatic carbocycles. The van der Waals surface area contributed by atoms with Crippen LogP contribution in [0.25, 0.3) is 0 Å². The van der Waals surface area contributed by atoms with Gasteiger partial charge in [0.25, 0.3) is 0 Å². The van der Waals surface area contributed by atoms with Crippen LogP contribution in [0.2, 0.25) is 0 Å². The number of hydrogen-bond acceptors (Lipinski definition) is 2. The summed E-state index contributed by atoms with van der Waals surface area (Å²) >= 11 is 0. The van der Waals surface area contributed by atoms with Crippen molar-refractivity contribution in [1.82, 2.24) is 0 Å². The summed E-state index contributed by atoms with van der Waals surface area (Å²) in [6, 6.07) is 0. The van der Waals surface area contributed by atoms with Crippen molar-refractivity contribution in [3.05, 3.63) is 0 Å². The molecule has 29 heavy (non-hydrogen) atoms. The summed E-state index contributed by atoms with van der Waals surface area (Å²) in [5.74, 6) is 0.0560. The second kappa shape index (κ2) is 23.7. The van der Waals surface area contributed by atoms with Gasteiger partial charge in [0.15, 0.2) is 0 Å². The van der Waals surface area contributed by atoms with Crippen LogP contribution >= 0.6 is 0 Å². The zero-order valence-electron chi connectivity index (χ0n) is 20.5. The SMILES string of the molecule is CCCCCCCCCC(=O)OC(CCCCCCCC)CCCCCCCC.